The van der Waals surface area contributed by atoms with Crippen molar-refractivity contribution in [2.24, 2.45) is 0 Å². The number of pyridine rings is 1. The molecule has 1 aromatic heterocycles. The lowest BCUT2D eigenvalue weighted by Crippen LogP contribution is -2.40. The third-order valence-corrected chi connectivity index (χ3v) is 3.65. The summed E-state index contributed by atoms with van der Waals surface area (Å²) in [5, 5.41) is 15.7. The first-order valence-corrected chi connectivity index (χ1v) is 6.94. The van der Waals surface area contributed by atoms with Crippen LogP contribution in [0.3, 0.4) is 0 Å². The summed E-state index contributed by atoms with van der Waals surface area (Å²) in [5.41, 5.74) is 2.86. The van der Waals surface area contributed by atoms with Gasteiger partial charge in [0.1, 0.15) is 0 Å². The highest BCUT2D eigenvalue weighted by Gasteiger charge is 2.31. The van der Waals surface area contributed by atoms with E-state index in [1.165, 1.54) is 0 Å². The maximum Gasteiger partial charge on any atom is 0.315 e. The van der Waals surface area contributed by atoms with Gasteiger partial charge in [0.25, 0.3) is 0 Å². The summed E-state index contributed by atoms with van der Waals surface area (Å²) >= 11 is 0. The SMILES string of the molecule is O=C(NCc1ccccn1)NC1c2ccccc2CC1O. The number of carbonyl (C=O) groups is 1. The van der Waals surface area contributed by atoms with E-state index >= 15 is 0 Å². The van der Waals surface area contributed by atoms with Crippen molar-refractivity contribution < 1.29 is 9.90 Å². The van der Waals surface area contributed by atoms with Crippen molar-refractivity contribution in [3.63, 3.8) is 0 Å². The van der Waals surface area contributed by atoms with Crippen molar-refractivity contribution >= 4 is 6.03 Å². The number of aliphatic hydroxyl groups is 1. The lowest BCUT2D eigenvalue weighted by molar-refractivity contribution is 0.142. The van der Waals surface area contributed by atoms with Crippen molar-refractivity contribution in [3.05, 3.63) is 65.5 Å². The van der Waals surface area contributed by atoms with Gasteiger partial charge < -0.3 is 15.7 Å². The zero-order valence-corrected chi connectivity index (χ0v) is 11.5. The Hall–Kier alpha value is -2.40. The quantitative estimate of drug-likeness (QED) is 0.800. The van der Waals surface area contributed by atoms with Gasteiger partial charge in [-0.1, -0.05) is 30.3 Å². The number of urea groups is 1. The Bertz CT molecular complexity index is 630. The van der Waals surface area contributed by atoms with E-state index in [9.17, 15) is 9.90 Å². The van der Waals surface area contributed by atoms with E-state index in [0.717, 1.165) is 16.8 Å². The van der Waals surface area contributed by atoms with Crippen LogP contribution in [0.1, 0.15) is 22.9 Å². The number of rotatable bonds is 3. The van der Waals surface area contributed by atoms with Gasteiger partial charge in [-0.05, 0) is 23.3 Å². The summed E-state index contributed by atoms with van der Waals surface area (Å²) in [6.45, 7) is 0.358. The van der Waals surface area contributed by atoms with Crippen LogP contribution in [0.5, 0.6) is 0 Å². The zero-order chi connectivity index (χ0) is 14.7. The maximum absolute atomic E-state index is 12.0. The number of hydrogen-bond acceptors (Lipinski definition) is 3. The van der Waals surface area contributed by atoms with Crippen molar-refractivity contribution in [1.82, 2.24) is 15.6 Å². The average Bonchev–Trinajstić information content (AvgIpc) is 2.82. The van der Waals surface area contributed by atoms with Crippen molar-refractivity contribution in [1.29, 1.82) is 0 Å². The second-order valence-electron chi connectivity index (χ2n) is 5.10. The van der Waals surface area contributed by atoms with Gasteiger partial charge in [-0.15, -0.1) is 0 Å². The summed E-state index contributed by atoms with van der Waals surface area (Å²) in [6.07, 6.45) is 1.68. The van der Waals surface area contributed by atoms with Gasteiger partial charge in [-0.25, -0.2) is 4.79 Å². The maximum atomic E-state index is 12.0. The molecule has 1 aliphatic carbocycles. The number of nitrogens with one attached hydrogen (secondary N) is 2. The zero-order valence-electron chi connectivity index (χ0n) is 11.5. The van der Waals surface area contributed by atoms with E-state index in [2.05, 4.69) is 15.6 Å². The molecule has 2 unspecified atom stereocenters. The summed E-state index contributed by atoms with van der Waals surface area (Å²) < 4.78 is 0. The molecule has 0 spiro atoms. The molecule has 0 saturated carbocycles. The molecule has 2 aromatic rings. The van der Waals surface area contributed by atoms with Gasteiger partial charge in [0, 0.05) is 12.6 Å². The van der Waals surface area contributed by atoms with Crippen LogP contribution in [-0.4, -0.2) is 22.2 Å². The number of carbonyl (C=O) groups excluding carboxylic acids is 1. The van der Waals surface area contributed by atoms with Crippen molar-refractivity contribution in [2.45, 2.75) is 25.1 Å². The molecular weight excluding hydrogens is 266 g/mol. The molecule has 1 heterocycles. The highest BCUT2D eigenvalue weighted by atomic mass is 16.3. The molecule has 3 N–H and O–H groups in total. The molecule has 3 rings (SSSR count). The second kappa shape index (κ2) is 5.93. The molecule has 2 atom stereocenters. The summed E-state index contributed by atoms with van der Waals surface area (Å²) in [5.74, 6) is 0. The monoisotopic (exact) mass is 283 g/mol. The number of nitrogens with zero attached hydrogens (tertiary/aromatic N) is 1. The Morgan fingerprint density at radius 1 is 1.24 bits per heavy atom. The van der Waals surface area contributed by atoms with E-state index in [0.29, 0.717) is 13.0 Å². The van der Waals surface area contributed by atoms with Gasteiger partial charge in [0.05, 0.1) is 24.4 Å². The van der Waals surface area contributed by atoms with Crippen LogP contribution in [0.15, 0.2) is 48.7 Å². The third-order valence-electron chi connectivity index (χ3n) is 3.65. The second-order valence-corrected chi connectivity index (χ2v) is 5.10. The fourth-order valence-corrected chi connectivity index (χ4v) is 2.61. The Balaban J connectivity index is 1.60. The van der Waals surface area contributed by atoms with Gasteiger partial charge >= 0.3 is 6.03 Å². The summed E-state index contributed by atoms with van der Waals surface area (Å²) in [4.78, 5) is 16.1. The standard InChI is InChI=1S/C16H17N3O2/c20-14-9-11-5-1-2-7-13(11)15(14)19-16(21)18-10-12-6-3-4-8-17-12/h1-8,14-15,20H,9-10H2,(H2,18,19,21). The first-order valence-electron chi connectivity index (χ1n) is 6.94. The predicted molar refractivity (Wildman–Crippen MR) is 78.5 cm³/mol. The third kappa shape index (κ3) is 3.03. The summed E-state index contributed by atoms with van der Waals surface area (Å²) in [7, 11) is 0. The van der Waals surface area contributed by atoms with Crippen LogP contribution in [0.2, 0.25) is 0 Å². The first kappa shape index (κ1) is 13.6. The molecule has 5 heteroatoms. The molecule has 0 bridgehead atoms. The molecule has 5 nitrogen and oxygen atoms in total. The van der Waals surface area contributed by atoms with E-state index in [4.69, 9.17) is 0 Å². The van der Waals surface area contributed by atoms with Gasteiger partial charge in [-0.3, -0.25) is 4.98 Å². The smallest absolute Gasteiger partial charge is 0.315 e. The predicted octanol–water partition coefficient (Wildman–Crippen LogP) is 1.54. The lowest BCUT2D eigenvalue weighted by Gasteiger charge is -2.18. The van der Waals surface area contributed by atoms with Crippen molar-refractivity contribution in [2.75, 3.05) is 0 Å². The van der Waals surface area contributed by atoms with Gasteiger partial charge in [0.2, 0.25) is 0 Å². The number of amides is 2. The molecule has 0 radical (unpaired) electrons. The summed E-state index contributed by atoms with van der Waals surface area (Å²) in [6, 6.07) is 12.7. The fraction of sp³-hybridized carbons (Fsp3) is 0.250. The minimum atomic E-state index is -0.581. The number of aromatic nitrogens is 1. The molecule has 2 amide bonds. The van der Waals surface area contributed by atoms with E-state index < -0.39 is 6.10 Å². The largest absolute Gasteiger partial charge is 0.390 e. The van der Waals surface area contributed by atoms with E-state index in [1.54, 1.807) is 6.20 Å². The van der Waals surface area contributed by atoms with Crippen LogP contribution >= 0.6 is 0 Å². The normalized spacial score (nSPS) is 19.9. The van der Waals surface area contributed by atoms with E-state index in [-0.39, 0.29) is 12.1 Å². The Labute approximate surface area is 123 Å². The molecule has 1 aliphatic rings. The van der Waals surface area contributed by atoms with Gasteiger partial charge in [0.15, 0.2) is 0 Å². The molecule has 0 fully saturated rings. The Morgan fingerprint density at radius 2 is 2.05 bits per heavy atom. The Morgan fingerprint density at radius 3 is 2.86 bits per heavy atom. The first-order chi connectivity index (χ1) is 10.2. The highest BCUT2D eigenvalue weighted by molar-refractivity contribution is 5.74. The number of benzene rings is 1. The molecule has 0 aliphatic heterocycles. The van der Waals surface area contributed by atoms with Crippen LogP contribution in [0.25, 0.3) is 0 Å². The Kier molecular flexibility index (Phi) is 3.83. The minimum Gasteiger partial charge on any atom is -0.390 e. The van der Waals surface area contributed by atoms with Crippen LogP contribution in [-0.2, 0) is 13.0 Å². The van der Waals surface area contributed by atoms with E-state index in [1.807, 2.05) is 42.5 Å². The highest BCUT2D eigenvalue weighted by Crippen LogP contribution is 2.30. The molecule has 1 aromatic carbocycles. The lowest BCUT2D eigenvalue weighted by atomic mass is 10.1. The number of hydrogen-bond donors (Lipinski definition) is 3. The number of fused-ring (bicyclic) bond motifs is 1. The minimum absolute atomic E-state index is 0.304. The fourth-order valence-electron chi connectivity index (χ4n) is 2.61. The average molecular weight is 283 g/mol. The molecule has 108 valence electrons. The van der Waals surface area contributed by atoms with Crippen LogP contribution < -0.4 is 10.6 Å². The topological polar surface area (TPSA) is 74.2 Å². The molecular formula is C16H17N3O2. The van der Waals surface area contributed by atoms with Crippen LogP contribution in [0, 0.1) is 0 Å². The molecule has 0 saturated heterocycles. The van der Waals surface area contributed by atoms with Crippen molar-refractivity contribution in [3.8, 4) is 0 Å². The number of aliphatic hydroxyl groups excluding tert-OH is 1. The van der Waals surface area contributed by atoms with Crippen LogP contribution in [0.4, 0.5) is 4.79 Å². The molecule has 21 heavy (non-hydrogen) atoms. The van der Waals surface area contributed by atoms with Gasteiger partial charge in [-0.2, -0.15) is 0 Å².